The molecule has 2 aromatic rings. The Kier molecular flexibility index (Phi) is 3.48. The van der Waals surface area contributed by atoms with Crippen LogP contribution in [0.2, 0.25) is 0 Å². The normalized spacial score (nSPS) is 16.2. The number of alkyl halides is 3. The third kappa shape index (κ3) is 2.67. The van der Waals surface area contributed by atoms with E-state index in [-0.39, 0.29) is 11.5 Å². The summed E-state index contributed by atoms with van der Waals surface area (Å²) in [5.41, 5.74) is 5.50. The molecule has 1 saturated carbocycles. The molecule has 0 aromatic carbocycles. The lowest BCUT2D eigenvalue weighted by molar-refractivity contribution is -0.141. The number of halogens is 3. The van der Waals surface area contributed by atoms with Crippen LogP contribution in [0.5, 0.6) is 0 Å². The van der Waals surface area contributed by atoms with Gasteiger partial charge in [0.1, 0.15) is 5.82 Å². The van der Waals surface area contributed by atoms with Crippen molar-refractivity contribution in [1.82, 2.24) is 14.6 Å². The topological polar surface area (TPSA) is 68.2 Å². The first-order valence-corrected chi connectivity index (χ1v) is 6.91. The molecule has 0 saturated heterocycles. The fourth-order valence-electron chi connectivity index (χ4n) is 2.37. The molecule has 0 spiro atoms. The zero-order valence-corrected chi connectivity index (χ0v) is 11.3. The summed E-state index contributed by atoms with van der Waals surface area (Å²) in [7, 11) is 0. The zero-order chi connectivity index (χ0) is 15.0. The number of nitrogens with one attached hydrogen (secondary N) is 1. The summed E-state index contributed by atoms with van der Waals surface area (Å²) in [6.07, 6.45) is -1.29. The molecule has 0 aliphatic heterocycles. The molecule has 5 nitrogen and oxygen atoms in total. The summed E-state index contributed by atoms with van der Waals surface area (Å²) in [4.78, 5) is 3.68. The van der Waals surface area contributed by atoms with E-state index in [1.54, 1.807) is 6.07 Å². The molecule has 2 heterocycles. The van der Waals surface area contributed by atoms with Crippen LogP contribution in [0, 0.1) is 0 Å². The maximum atomic E-state index is 12.9. The molecule has 0 unspecified atom stereocenters. The Labute approximate surface area is 119 Å². The van der Waals surface area contributed by atoms with E-state index in [2.05, 4.69) is 15.4 Å². The lowest BCUT2D eigenvalue weighted by Gasteiger charge is -2.22. The Morgan fingerprint density at radius 2 is 2.10 bits per heavy atom. The number of hydrogen-bond donors (Lipinski definition) is 2. The summed E-state index contributed by atoms with van der Waals surface area (Å²) >= 11 is 0. The van der Waals surface area contributed by atoms with E-state index in [0.29, 0.717) is 19.0 Å². The molecule has 21 heavy (non-hydrogen) atoms. The molecule has 8 heteroatoms. The molecular weight excluding hydrogens is 283 g/mol. The van der Waals surface area contributed by atoms with Crippen LogP contribution in [0.25, 0.3) is 5.65 Å². The molecule has 1 aliphatic rings. The first-order valence-electron chi connectivity index (χ1n) is 6.91. The van der Waals surface area contributed by atoms with Crippen molar-refractivity contribution in [2.45, 2.75) is 31.4 Å². The van der Waals surface area contributed by atoms with Gasteiger partial charge in [0.15, 0.2) is 11.3 Å². The van der Waals surface area contributed by atoms with Gasteiger partial charge in [0.05, 0.1) is 5.69 Å². The molecular formula is C13H16F3N5. The van der Waals surface area contributed by atoms with Gasteiger partial charge in [0, 0.05) is 31.1 Å². The number of rotatable bonds is 4. The molecule has 3 N–H and O–H groups in total. The highest BCUT2D eigenvalue weighted by atomic mass is 19.4. The number of nitrogens with zero attached hydrogens (tertiary/aromatic N) is 3. The fraction of sp³-hybridized carbons (Fsp3) is 0.538. The number of fused-ring (bicyclic) bond motifs is 1. The van der Waals surface area contributed by atoms with E-state index >= 15 is 0 Å². The first-order chi connectivity index (χ1) is 9.99. The van der Waals surface area contributed by atoms with E-state index in [9.17, 15) is 13.2 Å². The maximum Gasteiger partial charge on any atom is 0.433 e. The van der Waals surface area contributed by atoms with Crippen molar-refractivity contribution < 1.29 is 13.2 Å². The molecule has 3 rings (SSSR count). The first kappa shape index (κ1) is 14.1. The summed E-state index contributed by atoms with van der Waals surface area (Å²) < 4.78 is 40.2. The third-order valence-corrected chi connectivity index (χ3v) is 3.71. The molecule has 1 aliphatic carbocycles. The van der Waals surface area contributed by atoms with Crippen LogP contribution in [-0.2, 0) is 6.18 Å². The largest absolute Gasteiger partial charge is 0.433 e. The standard InChI is InChI=1S/C13H16F3N5/c14-13(15,16)10-7-11(18-5-4-17)21-12(19-10)6-9(20-21)8-2-1-3-8/h6-8,18H,1-5,17H2. The van der Waals surface area contributed by atoms with Gasteiger partial charge < -0.3 is 11.1 Å². The van der Waals surface area contributed by atoms with Gasteiger partial charge in [-0.15, -0.1) is 0 Å². The van der Waals surface area contributed by atoms with Gasteiger partial charge in [-0.05, 0) is 12.8 Å². The minimum Gasteiger partial charge on any atom is -0.369 e. The number of anilines is 1. The highest BCUT2D eigenvalue weighted by molar-refractivity contribution is 5.51. The van der Waals surface area contributed by atoms with E-state index in [1.165, 1.54) is 4.52 Å². The maximum absolute atomic E-state index is 12.9. The van der Waals surface area contributed by atoms with Gasteiger partial charge in [-0.2, -0.15) is 22.8 Å². The highest BCUT2D eigenvalue weighted by Gasteiger charge is 2.34. The Bertz CT molecular complexity index is 645. The van der Waals surface area contributed by atoms with Crippen molar-refractivity contribution in [3.8, 4) is 0 Å². The molecule has 0 radical (unpaired) electrons. The zero-order valence-electron chi connectivity index (χ0n) is 11.3. The van der Waals surface area contributed by atoms with E-state index < -0.39 is 11.9 Å². The van der Waals surface area contributed by atoms with Crippen LogP contribution >= 0.6 is 0 Å². The highest BCUT2D eigenvalue weighted by Crippen LogP contribution is 2.37. The van der Waals surface area contributed by atoms with Gasteiger partial charge in [-0.3, -0.25) is 0 Å². The average Bonchev–Trinajstić information content (AvgIpc) is 2.75. The molecule has 0 amide bonds. The van der Waals surface area contributed by atoms with Crippen LogP contribution in [0.3, 0.4) is 0 Å². The van der Waals surface area contributed by atoms with Gasteiger partial charge in [-0.25, -0.2) is 4.98 Å². The van der Waals surface area contributed by atoms with Crippen molar-refractivity contribution in [3.05, 3.63) is 23.5 Å². The quantitative estimate of drug-likeness (QED) is 0.909. The van der Waals surface area contributed by atoms with Crippen molar-refractivity contribution in [3.63, 3.8) is 0 Å². The number of nitrogens with two attached hydrogens (primary N) is 1. The van der Waals surface area contributed by atoms with Crippen molar-refractivity contribution >= 4 is 11.5 Å². The van der Waals surface area contributed by atoms with Crippen LogP contribution in [-0.4, -0.2) is 27.7 Å². The second-order valence-electron chi connectivity index (χ2n) is 5.21. The summed E-state index contributed by atoms with van der Waals surface area (Å²) in [6.45, 7) is 0.691. The lowest BCUT2D eigenvalue weighted by Crippen LogP contribution is -2.17. The van der Waals surface area contributed by atoms with E-state index in [1.807, 2.05) is 0 Å². The van der Waals surface area contributed by atoms with Crippen LogP contribution in [0.4, 0.5) is 19.0 Å². The predicted octanol–water partition coefficient (Wildman–Crippen LogP) is 2.39. The Morgan fingerprint density at radius 1 is 1.33 bits per heavy atom. The minimum atomic E-state index is -4.48. The monoisotopic (exact) mass is 299 g/mol. The van der Waals surface area contributed by atoms with Crippen molar-refractivity contribution in [2.75, 3.05) is 18.4 Å². The number of aromatic nitrogens is 3. The Morgan fingerprint density at radius 3 is 2.67 bits per heavy atom. The SMILES string of the molecule is NCCNc1cc(C(F)(F)F)nc2cc(C3CCC3)nn12. The van der Waals surface area contributed by atoms with E-state index in [0.717, 1.165) is 31.0 Å². The second kappa shape index (κ2) is 5.18. The Hall–Kier alpha value is -1.83. The van der Waals surface area contributed by atoms with Crippen LogP contribution in [0.15, 0.2) is 12.1 Å². The van der Waals surface area contributed by atoms with Gasteiger partial charge in [0.2, 0.25) is 0 Å². The van der Waals surface area contributed by atoms with Crippen LogP contribution in [0.1, 0.15) is 36.6 Å². The van der Waals surface area contributed by atoms with Gasteiger partial charge in [0.25, 0.3) is 0 Å². The van der Waals surface area contributed by atoms with Gasteiger partial charge in [-0.1, -0.05) is 6.42 Å². The molecule has 1 fully saturated rings. The van der Waals surface area contributed by atoms with Crippen molar-refractivity contribution in [1.29, 1.82) is 0 Å². The third-order valence-electron chi connectivity index (χ3n) is 3.71. The smallest absolute Gasteiger partial charge is 0.369 e. The predicted molar refractivity (Wildman–Crippen MR) is 72.1 cm³/mol. The van der Waals surface area contributed by atoms with Gasteiger partial charge >= 0.3 is 6.18 Å². The van der Waals surface area contributed by atoms with E-state index in [4.69, 9.17) is 5.73 Å². The molecule has 2 aromatic heterocycles. The summed E-state index contributed by atoms with van der Waals surface area (Å²) in [5, 5.41) is 7.27. The molecule has 0 bridgehead atoms. The second-order valence-corrected chi connectivity index (χ2v) is 5.21. The average molecular weight is 299 g/mol. The molecule has 0 atom stereocenters. The van der Waals surface area contributed by atoms with Crippen LogP contribution < -0.4 is 11.1 Å². The Balaban J connectivity index is 2.07. The summed E-state index contributed by atoms with van der Waals surface area (Å²) in [6, 6.07) is 2.62. The molecule has 114 valence electrons. The summed E-state index contributed by atoms with van der Waals surface area (Å²) in [5.74, 6) is 0.603. The number of hydrogen-bond acceptors (Lipinski definition) is 4. The minimum absolute atomic E-state index is 0.214. The fourth-order valence-corrected chi connectivity index (χ4v) is 2.37. The van der Waals surface area contributed by atoms with Crippen molar-refractivity contribution in [2.24, 2.45) is 5.73 Å². The lowest BCUT2D eigenvalue weighted by atomic mass is 9.83.